The fourth-order valence-corrected chi connectivity index (χ4v) is 2.53. The summed E-state index contributed by atoms with van der Waals surface area (Å²) < 4.78 is 5.00. The smallest absolute Gasteiger partial charge is 0.338 e. The third-order valence-electron chi connectivity index (χ3n) is 3.18. The number of hydrogen-bond acceptors (Lipinski definition) is 6. The number of anilines is 1. The quantitative estimate of drug-likeness (QED) is 0.742. The van der Waals surface area contributed by atoms with Crippen molar-refractivity contribution in [3.63, 3.8) is 0 Å². The molecule has 1 aromatic rings. The van der Waals surface area contributed by atoms with Gasteiger partial charge in [0, 0.05) is 0 Å². The topological polar surface area (TPSA) is 63.2 Å². The van der Waals surface area contributed by atoms with Crippen molar-refractivity contribution in [2.24, 2.45) is 4.99 Å². The predicted molar refractivity (Wildman–Crippen MR) is 98.1 cm³/mol. The number of hydroxylamine groups is 2. The number of rotatable bonds is 6. The predicted octanol–water partition coefficient (Wildman–Crippen LogP) is 3.77. The molecule has 1 atom stereocenters. The van der Waals surface area contributed by atoms with Crippen LogP contribution in [0.15, 0.2) is 23.2 Å². The maximum atomic E-state index is 11.9. The van der Waals surface area contributed by atoms with Gasteiger partial charge in [-0.05, 0) is 25.5 Å². The molecule has 0 fully saturated rings. The molecule has 0 aliphatic carbocycles. The molecular formula is C15H20Cl3N3O3. The van der Waals surface area contributed by atoms with Gasteiger partial charge in [0.2, 0.25) is 5.96 Å². The Balaban J connectivity index is 0.00000288. The molecule has 0 saturated carbocycles. The van der Waals surface area contributed by atoms with Crippen LogP contribution in [-0.4, -0.2) is 42.8 Å². The van der Waals surface area contributed by atoms with Crippen LogP contribution in [0.2, 0.25) is 10.0 Å². The fraction of sp³-hybridized carbons (Fsp3) is 0.467. The first kappa shape index (κ1) is 20.8. The van der Waals surface area contributed by atoms with Crippen LogP contribution in [-0.2, 0) is 14.4 Å². The molecule has 2 rings (SSSR count). The molecule has 0 radical (unpaired) electrons. The van der Waals surface area contributed by atoms with Crippen LogP contribution < -0.4 is 5.32 Å². The number of guanidine groups is 1. The minimum atomic E-state index is -0.679. The average Bonchev–Trinajstić information content (AvgIpc) is 2.96. The van der Waals surface area contributed by atoms with E-state index in [0.29, 0.717) is 47.8 Å². The molecule has 9 heteroatoms. The number of nitrogens with one attached hydrogen (secondary N) is 1. The van der Waals surface area contributed by atoms with Gasteiger partial charge in [-0.2, -0.15) is 0 Å². The molecule has 1 N–H and O–H groups in total. The Bertz CT molecular complexity index is 578. The summed E-state index contributed by atoms with van der Waals surface area (Å²) in [6, 6.07) is 5.21. The lowest BCUT2D eigenvalue weighted by molar-refractivity contribution is -0.185. The van der Waals surface area contributed by atoms with Crippen molar-refractivity contribution in [1.29, 1.82) is 0 Å². The van der Waals surface area contributed by atoms with E-state index in [2.05, 4.69) is 10.3 Å². The molecule has 1 aromatic carbocycles. The van der Waals surface area contributed by atoms with Crippen molar-refractivity contribution in [2.75, 3.05) is 25.0 Å². The highest BCUT2D eigenvalue weighted by Crippen LogP contribution is 2.30. The van der Waals surface area contributed by atoms with Crippen LogP contribution in [0.25, 0.3) is 0 Å². The maximum Gasteiger partial charge on any atom is 0.338 e. The Morgan fingerprint density at radius 3 is 2.62 bits per heavy atom. The normalized spacial score (nSPS) is 14.7. The SMILES string of the molecule is CCOC(=O)C(CC)ON1CCN=C1Nc1c(Cl)cccc1Cl.Cl. The number of halogens is 3. The van der Waals surface area contributed by atoms with E-state index in [9.17, 15) is 4.79 Å². The molecule has 24 heavy (non-hydrogen) atoms. The standard InChI is InChI=1S/C15H19Cl2N3O3.ClH/c1-3-12(14(21)22-4-2)23-20-9-8-18-15(20)19-13-10(16)6-5-7-11(13)17;/h5-7,12H,3-4,8-9H2,1-2H3,(H,18,19);1H. The average molecular weight is 397 g/mol. The molecule has 6 nitrogen and oxygen atoms in total. The van der Waals surface area contributed by atoms with Gasteiger partial charge in [0.25, 0.3) is 0 Å². The van der Waals surface area contributed by atoms with Gasteiger partial charge in [0.05, 0.1) is 35.4 Å². The van der Waals surface area contributed by atoms with Crippen molar-refractivity contribution < 1.29 is 14.4 Å². The van der Waals surface area contributed by atoms with Crippen molar-refractivity contribution in [2.45, 2.75) is 26.4 Å². The molecule has 1 aliphatic heterocycles. The highest BCUT2D eigenvalue weighted by Gasteiger charge is 2.27. The molecule has 0 saturated heterocycles. The number of aliphatic imine (C=N–C) groups is 1. The lowest BCUT2D eigenvalue weighted by Gasteiger charge is -2.25. The summed E-state index contributed by atoms with van der Waals surface area (Å²) >= 11 is 12.3. The number of hydrogen-bond donors (Lipinski definition) is 1. The number of ether oxygens (including phenoxy) is 1. The molecule has 0 bridgehead atoms. The van der Waals surface area contributed by atoms with E-state index in [4.69, 9.17) is 32.8 Å². The third kappa shape index (κ3) is 5.14. The van der Waals surface area contributed by atoms with Crippen molar-refractivity contribution in [1.82, 2.24) is 5.06 Å². The van der Waals surface area contributed by atoms with E-state index in [1.165, 1.54) is 5.06 Å². The van der Waals surface area contributed by atoms with Crippen molar-refractivity contribution in [3.05, 3.63) is 28.2 Å². The largest absolute Gasteiger partial charge is 0.464 e. The number of esters is 1. The second-order valence-corrected chi connectivity index (χ2v) is 5.60. The Morgan fingerprint density at radius 2 is 2.04 bits per heavy atom. The van der Waals surface area contributed by atoms with E-state index in [1.54, 1.807) is 25.1 Å². The van der Waals surface area contributed by atoms with Crippen LogP contribution in [0.1, 0.15) is 20.3 Å². The lowest BCUT2D eigenvalue weighted by atomic mass is 10.3. The number of benzene rings is 1. The number of carbonyl (C=O) groups excluding carboxylic acids is 1. The van der Waals surface area contributed by atoms with Gasteiger partial charge in [-0.25, -0.2) is 14.9 Å². The lowest BCUT2D eigenvalue weighted by Crippen LogP contribution is -2.40. The Hall–Kier alpha value is -1.21. The third-order valence-corrected chi connectivity index (χ3v) is 3.81. The minimum absolute atomic E-state index is 0. The molecule has 134 valence electrons. The van der Waals surface area contributed by atoms with Crippen molar-refractivity contribution in [3.8, 4) is 0 Å². The first-order chi connectivity index (χ1) is 11.1. The summed E-state index contributed by atoms with van der Waals surface area (Å²) in [6.45, 7) is 5.00. The van der Waals surface area contributed by atoms with Crippen molar-refractivity contribution >= 4 is 53.2 Å². The first-order valence-electron chi connectivity index (χ1n) is 7.43. The number of carbonyl (C=O) groups is 1. The molecule has 0 aromatic heterocycles. The van der Waals surface area contributed by atoms with Gasteiger partial charge in [-0.3, -0.25) is 4.84 Å². The summed E-state index contributed by atoms with van der Waals surface area (Å²) in [4.78, 5) is 21.9. The summed E-state index contributed by atoms with van der Waals surface area (Å²) in [5.41, 5.74) is 0.550. The Morgan fingerprint density at radius 1 is 1.38 bits per heavy atom. The number of nitrogens with zero attached hydrogens (tertiary/aromatic N) is 2. The van der Waals surface area contributed by atoms with E-state index in [-0.39, 0.29) is 12.4 Å². The number of para-hydroxylation sites is 1. The van der Waals surface area contributed by atoms with Gasteiger partial charge in [-0.1, -0.05) is 36.2 Å². The monoisotopic (exact) mass is 395 g/mol. The second-order valence-electron chi connectivity index (χ2n) is 4.78. The van der Waals surface area contributed by atoms with Crippen LogP contribution in [0, 0.1) is 0 Å². The van der Waals surface area contributed by atoms with Gasteiger partial charge in [-0.15, -0.1) is 12.4 Å². The molecule has 1 aliphatic rings. The molecule has 1 heterocycles. The molecule has 0 spiro atoms. The minimum Gasteiger partial charge on any atom is -0.464 e. The highest BCUT2D eigenvalue weighted by atomic mass is 35.5. The molecule has 0 amide bonds. The van der Waals surface area contributed by atoms with Gasteiger partial charge >= 0.3 is 5.97 Å². The van der Waals surface area contributed by atoms with Crippen LogP contribution in [0.4, 0.5) is 5.69 Å². The zero-order valence-corrected chi connectivity index (χ0v) is 15.7. The van der Waals surface area contributed by atoms with E-state index in [1.807, 2.05) is 6.92 Å². The van der Waals surface area contributed by atoms with Gasteiger partial charge in [0.15, 0.2) is 6.10 Å². The second kappa shape index (κ2) is 9.93. The summed E-state index contributed by atoms with van der Waals surface area (Å²) in [5.74, 6) is 0.0692. The first-order valence-corrected chi connectivity index (χ1v) is 8.18. The van der Waals surface area contributed by atoms with Gasteiger partial charge < -0.3 is 10.1 Å². The zero-order valence-electron chi connectivity index (χ0n) is 13.4. The van der Waals surface area contributed by atoms with E-state index < -0.39 is 12.1 Å². The fourth-order valence-electron chi connectivity index (χ4n) is 2.04. The highest BCUT2D eigenvalue weighted by molar-refractivity contribution is 6.39. The summed E-state index contributed by atoms with van der Waals surface area (Å²) in [7, 11) is 0. The summed E-state index contributed by atoms with van der Waals surface area (Å²) in [5, 5.41) is 5.55. The Labute approximate surface area is 157 Å². The van der Waals surface area contributed by atoms with E-state index >= 15 is 0 Å². The van der Waals surface area contributed by atoms with Gasteiger partial charge in [0.1, 0.15) is 0 Å². The summed E-state index contributed by atoms with van der Waals surface area (Å²) in [6.07, 6.45) is -0.183. The van der Waals surface area contributed by atoms with Crippen LogP contribution in [0.3, 0.4) is 0 Å². The molecular weight excluding hydrogens is 377 g/mol. The molecule has 1 unspecified atom stereocenters. The van der Waals surface area contributed by atoms with Crippen LogP contribution >= 0.6 is 35.6 Å². The maximum absolute atomic E-state index is 11.9. The Kier molecular flexibility index (Phi) is 8.62. The zero-order chi connectivity index (χ0) is 16.8. The van der Waals surface area contributed by atoms with E-state index in [0.717, 1.165) is 0 Å². The van der Waals surface area contributed by atoms with Crippen LogP contribution in [0.5, 0.6) is 0 Å².